The molecule has 0 aliphatic carbocycles. The van der Waals surface area contributed by atoms with Crippen molar-refractivity contribution in [1.82, 2.24) is 16.1 Å². The molecule has 1 fully saturated rings. The van der Waals surface area contributed by atoms with E-state index in [1.165, 1.54) is 0 Å². The maximum absolute atomic E-state index is 12.3. The van der Waals surface area contributed by atoms with Gasteiger partial charge in [-0.25, -0.2) is 10.3 Å². The third kappa shape index (κ3) is 6.15. The second-order valence-electron chi connectivity index (χ2n) is 7.17. The number of hydroxylamine groups is 1. The van der Waals surface area contributed by atoms with Crippen LogP contribution in [-0.2, 0) is 24.0 Å². The van der Waals surface area contributed by atoms with E-state index in [1.807, 2.05) is 26.3 Å². The van der Waals surface area contributed by atoms with Crippen LogP contribution in [0.2, 0.25) is 0 Å². The van der Waals surface area contributed by atoms with Gasteiger partial charge in [0.1, 0.15) is 18.7 Å². The Morgan fingerprint density at radius 3 is 2.50 bits per heavy atom. The summed E-state index contributed by atoms with van der Waals surface area (Å²) in [6, 6.07) is -1.99. The zero-order chi connectivity index (χ0) is 18.5. The van der Waals surface area contributed by atoms with Crippen LogP contribution in [0.25, 0.3) is 0 Å². The Hall–Kier alpha value is -2.16. The highest BCUT2D eigenvalue weighted by atomic mass is 16.7. The number of carbonyl (C=O) groups is 4. The second-order valence-corrected chi connectivity index (χ2v) is 7.17. The number of hydrogen-bond donors (Lipinski definition) is 3. The molecule has 3 N–H and O–H groups in total. The first kappa shape index (κ1) is 19.9. The molecule has 1 saturated heterocycles. The molecule has 2 atom stereocenters. The van der Waals surface area contributed by atoms with Gasteiger partial charge in [0.25, 0.3) is 0 Å². The standard InChI is InChI=1S/C15H25N3O6/c1-8(2)10(17-14(22)23-7-15(3,4)5)12(20)16-9-6-24-18-13(21)11(9)19/h8-10H,6-7H2,1-5H3,(H,16,20)(H,17,22)(H,18,21). The molecule has 0 aromatic carbocycles. The second kappa shape index (κ2) is 8.09. The lowest BCUT2D eigenvalue weighted by Crippen LogP contribution is -2.59. The average Bonchev–Trinajstić information content (AvgIpc) is 2.46. The fraction of sp³-hybridized carbons (Fsp3) is 0.733. The smallest absolute Gasteiger partial charge is 0.407 e. The number of alkyl carbamates (subject to hydrolysis) is 1. The van der Waals surface area contributed by atoms with Crippen molar-refractivity contribution < 1.29 is 28.8 Å². The molecule has 3 amide bonds. The normalized spacial score (nSPS) is 19.5. The predicted octanol–water partition coefficient (Wildman–Crippen LogP) is -0.101. The largest absolute Gasteiger partial charge is 0.449 e. The van der Waals surface area contributed by atoms with Gasteiger partial charge in [-0.15, -0.1) is 0 Å². The zero-order valence-corrected chi connectivity index (χ0v) is 14.6. The highest BCUT2D eigenvalue weighted by Crippen LogP contribution is 2.13. The summed E-state index contributed by atoms with van der Waals surface area (Å²) in [5.41, 5.74) is 1.72. The van der Waals surface area contributed by atoms with Crippen LogP contribution in [0.4, 0.5) is 4.79 Å². The van der Waals surface area contributed by atoms with Gasteiger partial charge in [0, 0.05) is 0 Å². The molecule has 1 rings (SSSR count). The van der Waals surface area contributed by atoms with Crippen LogP contribution in [-0.4, -0.2) is 49.0 Å². The number of amides is 3. The molecule has 136 valence electrons. The van der Waals surface area contributed by atoms with Crippen LogP contribution in [0.5, 0.6) is 0 Å². The van der Waals surface area contributed by atoms with Crippen LogP contribution in [0.1, 0.15) is 34.6 Å². The van der Waals surface area contributed by atoms with Gasteiger partial charge in [0.05, 0.1) is 6.61 Å². The molecule has 9 nitrogen and oxygen atoms in total. The summed E-state index contributed by atoms with van der Waals surface area (Å²) in [5.74, 6) is -2.56. The lowest BCUT2D eigenvalue weighted by molar-refractivity contribution is -0.155. The average molecular weight is 343 g/mol. The van der Waals surface area contributed by atoms with Crippen molar-refractivity contribution in [3.8, 4) is 0 Å². The Labute approximate surface area is 140 Å². The maximum atomic E-state index is 12.3. The molecule has 0 radical (unpaired) electrons. The molecule has 9 heteroatoms. The van der Waals surface area contributed by atoms with E-state index in [9.17, 15) is 19.2 Å². The van der Waals surface area contributed by atoms with E-state index in [1.54, 1.807) is 13.8 Å². The predicted molar refractivity (Wildman–Crippen MR) is 83.6 cm³/mol. The number of Topliss-reactive ketones (excluding diaryl/α,β-unsaturated/α-hetero) is 1. The molecule has 1 heterocycles. The van der Waals surface area contributed by atoms with E-state index in [0.717, 1.165) is 0 Å². The van der Waals surface area contributed by atoms with Crippen LogP contribution in [0, 0.1) is 11.3 Å². The molecular weight excluding hydrogens is 318 g/mol. The van der Waals surface area contributed by atoms with Gasteiger partial charge in [0.2, 0.25) is 11.7 Å². The van der Waals surface area contributed by atoms with Crippen molar-refractivity contribution in [2.24, 2.45) is 11.3 Å². The third-order valence-corrected chi connectivity index (χ3v) is 3.13. The Morgan fingerprint density at radius 1 is 1.33 bits per heavy atom. The van der Waals surface area contributed by atoms with Crippen molar-refractivity contribution >= 4 is 23.7 Å². The summed E-state index contributed by atoms with van der Waals surface area (Å²) in [6.45, 7) is 9.22. The molecule has 0 aromatic heterocycles. The summed E-state index contributed by atoms with van der Waals surface area (Å²) in [7, 11) is 0. The first-order valence-electron chi connectivity index (χ1n) is 7.71. The van der Waals surface area contributed by atoms with Crippen LogP contribution in [0.15, 0.2) is 0 Å². The molecule has 0 aromatic rings. The Bertz CT molecular complexity index is 512. The summed E-state index contributed by atoms with van der Waals surface area (Å²) in [5, 5.41) is 4.89. The number of hydrogen-bond acceptors (Lipinski definition) is 6. The summed E-state index contributed by atoms with van der Waals surface area (Å²) in [6.07, 6.45) is -0.720. The van der Waals surface area contributed by atoms with Gasteiger partial charge in [0.15, 0.2) is 0 Å². The van der Waals surface area contributed by atoms with E-state index >= 15 is 0 Å². The van der Waals surface area contributed by atoms with Gasteiger partial charge in [-0.05, 0) is 11.3 Å². The number of ether oxygens (including phenoxy) is 1. The van der Waals surface area contributed by atoms with E-state index in [0.29, 0.717) is 0 Å². The van der Waals surface area contributed by atoms with Gasteiger partial charge in [-0.3, -0.25) is 19.2 Å². The molecule has 24 heavy (non-hydrogen) atoms. The van der Waals surface area contributed by atoms with Gasteiger partial charge < -0.3 is 15.4 Å². The Morgan fingerprint density at radius 2 is 1.96 bits per heavy atom. The van der Waals surface area contributed by atoms with E-state index < -0.39 is 35.8 Å². The van der Waals surface area contributed by atoms with E-state index in [-0.39, 0.29) is 24.5 Å². The van der Waals surface area contributed by atoms with Crippen molar-refractivity contribution in [2.45, 2.75) is 46.7 Å². The topological polar surface area (TPSA) is 123 Å². The van der Waals surface area contributed by atoms with Crippen molar-refractivity contribution in [3.05, 3.63) is 0 Å². The van der Waals surface area contributed by atoms with E-state index in [4.69, 9.17) is 9.57 Å². The lowest BCUT2D eigenvalue weighted by atomic mass is 9.99. The number of carbonyl (C=O) groups excluding carboxylic acids is 4. The lowest BCUT2D eigenvalue weighted by Gasteiger charge is -2.26. The first-order chi connectivity index (χ1) is 11.0. The number of nitrogens with one attached hydrogen (secondary N) is 3. The molecule has 1 aliphatic heterocycles. The highest BCUT2D eigenvalue weighted by molar-refractivity contribution is 6.38. The van der Waals surface area contributed by atoms with Gasteiger partial charge in [-0.2, -0.15) is 0 Å². The minimum atomic E-state index is -1.08. The minimum Gasteiger partial charge on any atom is -0.449 e. The van der Waals surface area contributed by atoms with Gasteiger partial charge in [-0.1, -0.05) is 34.6 Å². The molecule has 2 unspecified atom stereocenters. The van der Waals surface area contributed by atoms with Gasteiger partial charge >= 0.3 is 12.0 Å². The minimum absolute atomic E-state index is 0.171. The zero-order valence-electron chi connectivity index (χ0n) is 14.6. The highest BCUT2D eigenvalue weighted by Gasteiger charge is 2.34. The van der Waals surface area contributed by atoms with E-state index in [2.05, 4.69) is 10.6 Å². The van der Waals surface area contributed by atoms with Crippen molar-refractivity contribution in [2.75, 3.05) is 13.2 Å². The maximum Gasteiger partial charge on any atom is 0.407 e. The van der Waals surface area contributed by atoms with Crippen LogP contribution < -0.4 is 16.1 Å². The first-order valence-corrected chi connectivity index (χ1v) is 7.71. The Balaban J connectivity index is 2.63. The molecular formula is C15H25N3O6. The quantitative estimate of drug-likeness (QED) is 0.599. The van der Waals surface area contributed by atoms with Crippen LogP contribution in [0.3, 0.4) is 0 Å². The molecule has 0 saturated carbocycles. The Kier molecular flexibility index (Phi) is 6.70. The molecule has 0 bridgehead atoms. The van der Waals surface area contributed by atoms with Crippen molar-refractivity contribution in [3.63, 3.8) is 0 Å². The molecule has 1 aliphatic rings. The summed E-state index contributed by atoms with van der Waals surface area (Å²) < 4.78 is 5.08. The SMILES string of the molecule is CC(C)C(NC(=O)OCC(C)(C)C)C(=O)NC1CONC(=O)C1=O. The van der Waals surface area contributed by atoms with Crippen molar-refractivity contribution in [1.29, 1.82) is 0 Å². The third-order valence-electron chi connectivity index (χ3n) is 3.13. The fourth-order valence-corrected chi connectivity index (χ4v) is 1.83. The molecule has 0 spiro atoms. The number of rotatable bonds is 5. The fourth-order valence-electron chi connectivity index (χ4n) is 1.83. The van der Waals surface area contributed by atoms with Crippen LogP contribution >= 0.6 is 0 Å². The summed E-state index contributed by atoms with van der Waals surface area (Å²) >= 11 is 0. The summed E-state index contributed by atoms with van der Waals surface area (Å²) in [4.78, 5) is 51.8. The number of ketones is 1. The monoisotopic (exact) mass is 343 g/mol.